The second-order valence-electron chi connectivity index (χ2n) is 6.83. The second kappa shape index (κ2) is 9.58. The van der Waals surface area contributed by atoms with Gasteiger partial charge in [0.15, 0.2) is 23.9 Å². The maximum Gasteiger partial charge on any atom is 0.340 e. The number of furan rings is 1. The smallest absolute Gasteiger partial charge is 0.340 e. The summed E-state index contributed by atoms with van der Waals surface area (Å²) in [4.78, 5) is 38.4. The van der Waals surface area contributed by atoms with Crippen molar-refractivity contribution >= 4 is 45.7 Å². The van der Waals surface area contributed by atoms with Crippen LogP contribution in [0.4, 0.5) is 5.69 Å². The lowest BCUT2D eigenvalue weighted by Crippen LogP contribution is -2.18. The lowest BCUT2D eigenvalue weighted by molar-refractivity contribution is 0.0469. The van der Waals surface area contributed by atoms with E-state index in [1.165, 1.54) is 37.7 Å². The normalized spacial score (nSPS) is 10.6. The molecule has 0 aliphatic heterocycles. The van der Waals surface area contributed by atoms with Crippen LogP contribution >= 0.6 is 11.3 Å². The molecule has 0 aliphatic rings. The average molecular weight is 465 g/mol. The Morgan fingerprint density at radius 1 is 0.970 bits per heavy atom. The van der Waals surface area contributed by atoms with Crippen LogP contribution in [0.2, 0.25) is 0 Å². The van der Waals surface area contributed by atoms with E-state index in [0.29, 0.717) is 16.2 Å². The lowest BCUT2D eigenvalue weighted by Gasteiger charge is -2.15. The first kappa shape index (κ1) is 22.1. The summed E-state index contributed by atoms with van der Waals surface area (Å²) in [7, 11) is 2.86. The molecule has 0 aliphatic carbocycles. The summed E-state index contributed by atoms with van der Waals surface area (Å²) in [6.07, 6.45) is 0. The molecule has 4 aromatic rings. The largest absolute Gasteiger partial charge is 0.493 e. The van der Waals surface area contributed by atoms with Crippen LogP contribution in [-0.4, -0.2) is 38.5 Å². The fraction of sp³-hybridized carbons (Fsp3) is 0.125. The average Bonchev–Trinajstić information content (AvgIpc) is 3.52. The van der Waals surface area contributed by atoms with Gasteiger partial charge in [0.25, 0.3) is 5.91 Å². The van der Waals surface area contributed by atoms with Crippen molar-refractivity contribution in [2.75, 3.05) is 26.1 Å². The number of rotatable bonds is 8. The van der Waals surface area contributed by atoms with Gasteiger partial charge in [-0.1, -0.05) is 24.3 Å². The number of carbonyl (C=O) groups is 3. The molecule has 8 nitrogen and oxygen atoms in total. The molecule has 1 amide bonds. The number of hydrogen-bond donors (Lipinski definition) is 1. The maximum absolute atomic E-state index is 12.9. The molecule has 4 rings (SSSR count). The topological polar surface area (TPSA) is 104 Å². The zero-order valence-electron chi connectivity index (χ0n) is 17.7. The molecule has 2 aromatic heterocycles. The van der Waals surface area contributed by atoms with E-state index in [-0.39, 0.29) is 22.8 Å². The second-order valence-corrected chi connectivity index (χ2v) is 7.78. The van der Waals surface area contributed by atoms with Gasteiger partial charge >= 0.3 is 5.97 Å². The summed E-state index contributed by atoms with van der Waals surface area (Å²) >= 11 is 1.26. The number of ketones is 1. The minimum atomic E-state index is -0.818. The van der Waals surface area contributed by atoms with E-state index >= 15 is 0 Å². The number of fused-ring (bicyclic) bond motifs is 1. The summed E-state index contributed by atoms with van der Waals surface area (Å²) in [5.41, 5.74) is 0.729. The molecule has 9 heteroatoms. The molecule has 0 atom stereocenters. The van der Waals surface area contributed by atoms with Crippen molar-refractivity contribution in [2.45, 2.75) is 0 Å². The Morgan fingerprint density at radius 3 is 2.42 bits per heavy atom. The molecule has 0 bridgehead atoms. The van der Waals surface area contributed by atoms with Crippen LogP contribution in [-0.2, 0) is 4.74 Å². The van der Waals surface area contributed by atoms with E-state index in [9.17, 15) is 14.4 Å². The predicted molar refractivity (Wildman–Crippen MR) is 123 cm³/mol. The molecule has 0 fully saturated rings. The van der Waals surface area contributed by atoms with Crippen LogP contribution in [0.3, 0.4) is 0 Å². The van der Waals surface area contributed by atoms with E-state index in [2.05, 4.69) is 5.32 Å². The van der Waals surface area contributed by atoms with Crippen LogP contribution in [0, 0.1) is 0 Å². The van der Waals surface area contributed by atoms with Crippen LogP contribution in [0.1, 0.15) is 30.6 Å². The highest BCUT2D eigenvalue weighted by atomic mass is 32.1. The lowest BCUT2D eigenvalue weighted by atomic mass is 10.1. The summed E-state index contributed by atoms with van der Waals surface area (Å²) < 4.78 is 21.3. The Morgan fingerprint density at radius 2 is 1.73 bits per heavy atom. The third-order valence-electron chi connectivity index (χ3n) is 4.77. The molecule has 33 heavy (non-hydrogen) atoms. The Hall–Kier alpha value is -4.11. The van der Waals surface area contributed by atoms with Gasteiger partial charge in [-0.25, -0.2) is 4.79 Å². The number of ether oxygens (including phenoxy) is 3. The van der Waals surface area contributed by atoms with Gasteiger partial charge in [-0.15, -0.1) is 11.3 Å². The summed E-state index contributed by atoms with van der Waals surface area (Å²) in [6.45, 7) is -0.536. The van der Waals surface area contributed by atoms with Gasteiger partial charge in [0.1, 0.15) is 5.58 Å². The first-order valence-electron chi connectivity index (χ1n) is 9.80. The van der Waals surface area contributed by atoms with Crippen LogP contribution in [0.5, 0.6) is 11.5 Å². The van der Waals surface area contributed by atoms with Gasteiger partial charge in [-0.05, 0) is 23.6 Å². The zero-order chi connectivity index (χ0) is 23.4. The van der Waals surface area contributed by atoms with E-state index in [1.807, 2.05) is 12.1 Å². The monoisotopic (exact) mass is 465 g/mol. The number of benzene rings is 2. The van der Waals surface area contributed by atoms with Crippen molar-refractivity contribution in [3.8, 4) is 11.5 Å². The van der Waals surface area contributed by atoms with Gasteiger partial charge in [0.05, 0.1) is 30.3 Å². The number of methoxy groups -OCH3 is 2. The predicted octanol–water partition coefficient (Wildman–Crippen LogP) is 4.80. The summed E-state index contributed by atoms with van der Waals surface area (Å²) in [6, 6.07) is 15.0. The summed E-state index contributed by atoms with van der Waals surface area (Å²) in [5, 5.41) is 5.22. The Bertz CT molecular complexity index is 1290. The fourth-order valence-corrected chi connectivity index (χ4v) is 3.76. The van der Waals surface area contributed by atoms with Crippen molar-refractivity contribution in [2.24, 2.45) is 0 Å². The minimum absolute atomic E-state index is 0.00922. The molecular weight excluding hydrogens is 446 g/mol. The number of hydrogen-bond acceptors (Lipinski definition) is 8. The molecule has 2 aromatic carbocycles. The number of amides is 1. The number of Topliss-reactive ketones (excluding diaryl/α,β-unsaturated/α-hetero) is 1. The molecule has 1 N–H and O–H groups in total. The number of nitrogens with one attached hydrogen (secondary N) is 1. The molecular formula is C24H19NO7S. The van der Waals surface area contributed by atoms with Gasteiger partial charge < -0.3 is 23.9 Å². The third kappa shape index (κ3) is 4.73. The summed E-state index contributed by atoms with van der Waals surface area (Å²) in [5.74, 6) is -1.05. The minimum Gasteiger partial charge on any atom is -0.493 e. The molecule has 0 spiro atoms. The van der Waals surface area contributed by atoms with Crippen molar-refractivity contribution < 1.29 is 33.0 Å². The van der Waals surface area contributed by atoms with E-state index in [4.69, 9.17) is 18.6 Å². The van der Waals surface area contributed by atoms with Gasteiger partial charge in [-0.2, -0.15) is 0 Å². The van der Waals surface area contributed by atoms with Crippen LogP contribution < -0.4 is 14.8 Å². The molecule has 0 saturated heterocycles. The quantitative estimate of drug-likeness (QED) is 0.294. The molecule has 0 radical (unpaired) electrons. The number of para-hydroxylation sites is 1. The standard InChI is InChI=1S/C24H19NO7S/c1-29-20-11-15(16(12-21(20)30-2)25-23(27)22-8-5-9-33-22)24(28)31-13-17(26)19-10-14-6-3-4-7-18(14)32-19/h3-12H,13H2,1-2H3,(H,25,27). The first-order valence-corrected chi connectivity index (χ1v) is 10.7. The number of thiophene rings is 1. The fourth-order valence-electron chi connectivity index (χ4n) is 3.14. The van der Waals surface area contributed by atoms with Crippen molar-refractivity contribution in [3.63, 3.8) is 0 Å². The van der Waals surface area contributed by atoms with E-state index < -0.39 is 24.3 Å². The Labute approximate surface area is 192 Å². The van der Waals surface area contributed by atoms with E-state index in [1.54, 1.807) is 35.7 Å². The Kier molecular flexibility index (Phi) is 6.41. The van der Waals surface area contributed by atoms with Gasteiger partial charge in [-0.3, -0.25) is 9.59 Å². The highest BCUT2D eigenvalue weighted by Crippen LogP contribution is 2.34. The SMILES string of the molecule is COc1cc(NC(=O)c2cccs2)c(C(=O)OCC(=O)c2cc3ccccc3o2)cc1OC. The number of esters is 1. The maximum atomic E-state index is 12.9. The highest BCUT2D eigenvalue weighted by molar-refractivity contribution is 7.12. The van der Waals surface area contributed by atoms with Crippen molar-refractivity contribution in [1.82, 2.24) is 0 Å². The van der Waals surface area contributed by atoms with Gasteiger partial charge in [0.2, 0.25) is 5.78 Å². The molecule has 168 valence electrons. The molecule has 0 unspecified atom stereocenters. The molecule has 2 heterocycles. The first-order chi connectivity index (χ1) is 16.0. The molecule has 0 saturated carbocycles. The van der Waals surface area contributed by atoms with Crippen LogP contribution in [0.25, 0.3) is 11.0 Å². The third-order valence-corrected chi connectivity index (χ3v) is 5.64. The number of carbonyl (C=O) groups excluding carboxylic acids is 3. The number of anilines is 1. The van der Waals surface area contributed by atoms with Gasteiger partial charge in [0, 0.05) is 17.5 Å². The Balaban J connectivity index is 1.55. The van der Waals surface area contributed by atoms with E-state index in [0.717, 1.165) is 5.39 Å². The highest BCUT2D eigenvalue weighted by Gasteiger charge is 2.22. The zero-order valence-corrected chi connectivity index (χ0v) is 18.6. The van der Waals surface area contributed by atoms with Crippen molar-refractivity contribution in [1.29, 1.82) is 0 Å². The van der Waals surface area contributed by atoms with Crippen LogP contribution in [0.15, 0.2) is 64.4 Å². The van der Waals surface area contributed by atoms with Crippen molar-refractivity contribution in [3.05, 3.63) is 76.2 Å².